The topological polar surface area (TPSA) is 96.9 Å². The number of carboxylic acids is 1. The molecule has 1 rings (SSSR count). The summed E-state index contributed by atoms with van der Waals surface area (Å²) in [4.78, 5) is 21.9. The third-order valence-electron chi connectivity index (χ3n) is 2.83. The molecule has 1 aromatic rings. The fourth-order valence-corrected chi connectivity index (χ4v) is 1.70. The predicted molar refractivity (Wildman–Crippen MR) is 81.0 cm³/mol. The first-order valence-electron chi connectivity index (χ1n) is 6.97. The van der Waals surface area contributed by atoms with Gasteiger partial charge in [-0.3, -0.25) is 4.79 Å². The number of rotatable bonds is 9. The molecule has 0 aromatic heterocycles. The zero-order chi connectivity index (χ0) is 16.4. The molecule has 0 unspecified atom stereocenters. The number of urea groups is 1. The van der Waals surface area contributed by atoms with Gasteiger partial charge in [-0.05, 0) is 18.6 Å². The van der Waals surface area contributed by atoms with Crippen LogP contribution in [0.2, 0.25) is 0 Å². The minimum Gasteiger partial charge on any atom is -0.491 e. The quantitative estimate of drug-likeness (QED) is 0.597. The number of hydrogen-bond donors (Lipinski definition) is 3. The number of aliphatic carboxylic acids is 1. The average Bonchev–Trinajstić information content (AvgIpc) is 2.46. The van der Waals surface area contributed by atoms with Crippen molar-refractivity contribution < 1.29 is 24.2 Å². The van der Waals surface area contributed by atoms with E-state index < -0.39 is 12.0 Å². The van der Waals surface area contributed by atoms with Crippen molar-refractivity contribution in [2.75, 3.05) is 26.9 Å². The minimum atomic E-state index is -0.951. The van der Waals surface area contributed by atoms with E-state index in [9.17, 15) is 9.59 Å². The van der Waals surface area contributed by atoms with Gasteiger partial charge in [0, 0.05) is 25.8 Å². The highest BCUT2D eigenvalue weighted by Crippen LogP contribution is 2.20. The molecule has 0 aliphatic rings. The summed E-state index contributed by atoms with van der Waals surface area (Å²) >= 11 is 0. The van der Waals surface area contributed by atoms with Crippen molar-refractivity contribution in [1.82, 2.24) is 10.6 Å². The number of carbonyl (C=O) groups is 2. The SMILES string of the molecule is COCCOc1cc(C)ccc1CNC(=O)NCCC(=O)O. The molecule has 22 heavy (non-hydrogen) atoms. The van der Waals surface area contributed by atoms with Gasteiger partial charge in [-0.15, -0.1) is 0 Å². The monoisotopic (exact) mass is 310 g/mol. The average molecular weight is 310 g/mol. The molecule has 1 aromatic carbocycles. The normalized spacial score (nSPS) is 10.1. The Hall–Kier alpha value is -2.28. The van der Waals surface area contributed by atoms with Crippen molar-refractivity contribution in [2.45, 2.75) is 19.9 Å². The van der Waals surface area contributed by atoms with Crippen LogP contribution in [0, 0.1) is 6.92 Å². The molecule has 0 bridgehead atoms. The summed E-state index contributed by atoms with van der Waals surface area (Å²) in [5, 5.41) is 13.6. The Bertz CT molecular complexity index is 505. The molecule has 7 heteroatoms. The highest BCUT2D eigenvalue weighted by molar-refractivity contribution is 5.75. The number of nitrogens with one attached hydrogen (secondary N) is 2. The van der Waals surface area contributed by atoms with Gasteiger partial charge >= 0.3 is 12.0 Å². The van der Waals surface area contributed by atoms with Crippen molar-refractivity contribution in [3.05, 3.63) is 29.3 Å². The van der Waals surface area contributed by atoms with Crippen molar-refractivity contribution in [3.8, 4) is 5.75 Å². The molecule has 0 radical (unpaired) electrons. The number of amides is 2. The van der Waals surface area contributed by atoms with Gasteiger partial charge in [0.25, 0.3) is 0 Å². The second kappa shape index (κ2) is 9.62. The molecule has 0 saturated carbocycles. The maximum Gasteiger partial charge on any atom is 0.315 e. The number of ether oxygens (including phenoxy) is 2. The van der Waals surface area contributed by atoms with Crippen molar-refractivity contribution in [3.63, 3.8) is 0 Å². The van der Waals surface area contributed by atoms with E-state index in [0.717, 1.165) is 11.1 Å². The highest BCUT2D eigenvalue weighted by Gasteiger charge is 2.07. The number of methoxy groups -OCH3 is 1. The highest BCUT2D eigenvalue weighted by atomic mass is 16.5. The van der Waals surface area contributed by atoms with Gasteiger partial charge in [0.15, 0.2) is 0 Å². The number of benzene rings is 1. The summed E-state index contributed by atoms with van der Waals surface area (Å²) in [7, 11) is 1.60. The lowest BCUT2D eigenvalue weighted by atomic mass is 10.1. The van der Waals surface area contributed by atoms with Gasteiger partial charge in [0.1, 0.15) is 12.4 Å². The second-order valence-corrected chi connectivity index (χ2v) is 4.71. The molecule has 2 amide bonds. The summed E-state index contributed by atoms with van der Waals surface area (Å²) in [6.45, 7) is 3.25. The molecule has 122 valence electrons. The fourth-order valence-electron chi connectivity index (χ4n) is 1.70. The van der Waals surface area contributed by atoms with Crippen LogP contribution in [0.3, 0.4) is 0 Å². The fraction of sp³-hybridized carbons (Fsp3) is 0.467. The third-order valence-corrected chi connectivity index (χ3v) is 2.83. The molecule has 0 aliphatic heterocycles. The van der Waals surface area contributed by atoms with Crippen LogP contribution >= 0.6 is 0 Å². The molecule has 0 fully saturated rings. The third kappa shape index (κ3) is 6.94. The van der Waals surface area contributed by atoms with E-state index in [1.807, 2.05) is 25.1 Å². The summed E-state index contributed by atoms with van der Waals surface area (Å²) in [5.41, 5.74) is 1.90. The largest absolute Gasteiger partial charge is 0.491 e. The van der Waals surface area contributed by atoms with Crippen LogP contribution < -0.4 is 15.4 Å². The number of carbonyl (C=O) groups excluding carboxylic acids is 1. The molecule has 0 spiro atoms. The summed E-state index contributed by atoms with van der Waals surface area (Å²) in [6.07, 6.45) is -0.108. The number of aryl methyl sites for hydroxylation is 1. The first-order chi connectivity index (χ1) is 10.5. The van der Waals surface area contributed by atoms with E-state index in [0.29, 0.717) is 25.5 Å². The lowest BCUT2D eigenvalue weighted by Crippen LogP contribution is -2.36. The Kier molecular flexibility index (Phi) is 7.77. The summed E-state index contributed by atoms with van der Waals surface area (Å²) in [6, 6.07) is 5.30. The summed E-state index contributed by atoms with van der Waals surface area (Å²) < 4.78 is 10.6. The van der Waals surface area contributed by atoms with Crippen molar-refractivity contribution in [2.24, 2.45) is 0 Å². The van der Waals surface area contributed by atoms with Gasteiger partial charge in [0.05, 0.1) is 13.0 Å². The molecule has 7 nitrogen and oxygen atoms in total. The molecular weight excluding hydrogens is 288 g/mol. The van der Waals surface area contributed by atoms with E-state index in [1.165, 1.54) is 0 Å². The molecule has 0 atom stereocenters. The zero-order valence-corrected chi connectivity index (χ0v) is 12.8. The molecule has 3 N–H and O–H groups in total. The Morgan fingerprint density at radius 1 is 1.23 bits per heavy atom. The van der Waals surface area contributed by atoms with Crippen LogP contribution in [0.5, 0.6) is 5.75 Å². The van der Waals surface area contributed by atoms with Gasteiger partial charge in [-0.1, -0.05) is 12.1 Å². The van der Waals surface area contributed by atoms with Crippen molar-refractivity contribution in [1.29, 1.82) is 0 Å². The van der Waals surface area contributed by atoms with Crippen LogP contribution in [-0.4, -0.2) is 44.0 Å². The molecule has 0 aliphatic carbocycles. The molecule has 0 heterocycles. The van der Waals surface area contributed by atoms with Crippen LogP contribution in [0.1, 0.15) is 17.5 Å². The maximum atomic E-state index is 11.6. The first-order valence-corrected chi connectivity index (χ1v) is 6.97. The van der Waals surface area contributed by atoms with E-state index in [4.69, 9.17) is 14.6 Å². The zero-order valence-electron chi connectivity index (χ0n) is 12.8. The number of carboxylic acid groups (broad SMARTS) is 1. The van der Waals surface area contributed by atoms with E-state index >= 15 is 0 Å². The Morgan fingerprint density at radius 2 is 2.00 bits per heavy atom. The predicted octanol–water partition coefficient (Wildman–Crippen LogP) is 1.29. The van der Waals surface area contributed by atoms with Gasteiger partial charge in [-0.2, -0.15) is 0 Å². The standard InChI is InChI=1S/C15H22N2O5/c1-11-3-4-12(13(9-11)22-8-7-21-2)10-17-15(20)16-6-5-14(18)19/h3-4,9H,5-8,10H2,1-2H3,(H,18,19)(H2,16,17,20). The minimum absolute atomic E-state index is 0.0895. The van der Waals surface area contributed by atoms with Crippen LogP contribution in [0.4, 0.5) is 4.79 Å². The van der Waals surface area contributed by atoms with E-state index in [2.05, 4.69) is 10.6 Å². The Labute approximate surface area is 129 Å². The van der Waals surface area contributed by atoms with Gasteiger partial charge < -0.3 is 25.2 Å². The smallest absolute Gasteiger partial charge is 0.315 e. The van der Waals surface area contributed by atoms with Gasteiger partial charge in [0.2, 0.25) is 0 Å². The maximum absolute atomic E-state index is 11.6. The van der Waals surface area contributed by atoms with Gasteiger partial charge in [-0.25, -0.2) is 4.79 Å². The van der Waals surface area contributed by atoms with E-state index in [1.54, 1.807) is 7.11 Å². The lowest BCUT2D eigenvalue weighted by molar-refractivity contribution is -0.136. The Morgan fingerprint density at radius 3 is 2.68 bits per heavy atom. The van der Waals surface area contributed by atoms with Crippen molar-refractivity contribution >= 4 is 12.0 Å². The van der Waals surface area contributed by atoms with Crippen LogP contribution in [-0.2, 0) is 16.1 Å². The Balaban J connectivity index is 2.49. The number of hydrogen-bond acceptors (Lipinski definition) is 4. The van der Waals surface area contributed by atoms with E-state index in [-0.39, 0.29) is 13.0 Å². The van der Waals surface area contributed by atoms with Crippen LogP contribution in [0.25, 0.3) is 0 Å². The summed E-state index contributed by atoms with van der Waals surface area (Å²) in [5.74, 6) is -0.254. The molecular formula is C15H22N2O5. The lowest BCUT2D eigenvalue weighted by Gasteiger charge is -2.13. The first kappa shape index (κ1) is 17.8. The van der Waals surface area contributed by atoms with Crippen LogP contribution in [0.15, 0.2) is 18.2 Å². The second-order valence-electron chi connectivity index (χ2n) is 4.71. The molecule has 0 saturated heterocycles.